The number of pyridine rings is 1. The molecule has 2 aromatic heterocycles. The zero-order valence-corrected chi connectivity index (χ0v) is 12.3. The van der Waals surface area contributed by atoms with Crippen molar-refractivity contribution in [3.8, 4) is 0 Å². The van der Waals surface area contributed by atoms with E-state index in [1.165, 1.54) is 10.5 Å². The van der Waals surface area contributed by atoms with Crippen LogP contribution in [0.25, 0.3) is 5.65 Å². The molecule has 1 aliphatic heterocycles. The van der Waals surface area contributed by atoms with Gasteiger partial charge in [0.1, 0.15) is 11.9 Å². The Kier molecular flexibility index (Phi) is 4.03. The highest BCUT2D eigenvalue weighted by atomic mass is 35.5. The van der Waals surface area contributed by atoms with Crippen LogP contribution in [-0.2, 0) is 11.3 Å². The molecule has 1 saturated heterocycles. The first-order valence-corrected chi connectivity index (χ1v) is 7.42. The van der Waals surface area contributed by atoms with Crippen LogP contribution in [0.15, 0.2) is 29.2 Å². The fourth-order valence-electron chi connectivity index (χ4n) is 2.78. The van der Waals surface area contributed by atoms with E-state index in [1.807, 2.05) is 0 Å². The minimum absolute atomic E-state index is 0.0655. The molecular weight excluding hydrogens is 290 g/mol. The maximum absolute atomic E-state index is 12.1. The Morgan fingerprint density at radius 1 is 1.38 bits per heavy atom. The lowest BCUT2D eigenvalue weighted by Gasteiger charge is -2.31. The number of aromatic nitrogens is 2. The minimum Gasteiger partial charge on any atom is -0.302 e. The van der Waals surface area contributed by atoms with Crippen molar-refractivity contribution in [1.29, 1.82) is 0 Å². The molecular formula is C15H16ClN3O2. The molecule has 2 aromatic rings. The van der Waals surface area contributed by atoms with Crippen LogP contribution in [0.5, 0.6) is 0 Å². The molecule has 0 aliphatic carbocycles. The van der Waals surface area contributed by atoms with Gasteiger partial charge in [-0.15, -0.1) is 0 Å². The first-order chi connectivity index (χ1) is 10.2. The summed E-state index contributed by atoms with van der Waals surface area (Å²) in [7, 11) is 0. The topological polar surface area (TPSA) is 54.7 Å². The van der Waals surface area contributed by atoms with Crippen molar-refractivity contribution in [3.05, 3.63) is 45.5 Å². The number of aldehydes is 1. The lowest BCUT2D eigenvalue weighted by Crippen LogP contribution is -2.40. The van der Waals surface area contributed by atoms with E-state index in [1.54, 1.807) is 18.3 Å². The van der Waals surface area contributed by atoms with Gasteiger partial charge >= 0.3 is 0 Å². The Bertz CT molecular complexity index is 728. The minimum atomic E-state index is -0.155. The number of nitrogens with zero attached hydrogens (tertiary/aromatic N) is 3. The van der Waals surface area contributed by atoms with E-state index in [0.29, 0.717) is 22.9 Å². The molecule has 3 rings (SSSR count). The quantitative estimate of drug-likeness (QED) is 0.813. The lowest BCUT2D eigenvalue weighted by molar-refractivity contribution is -0.113. The molecule has 1 aliphatic rings. The van der Waals surface area contributed by atoms with Crippen molar-refractivity contribution >= 4 is 23.5 Å². The van der Waals surface area contributed by atoms with Crippen molar-refractivity contribution in [2.24, 2.45) is 0 Å². The molecule has 0 saturated carbocycles. The van der Waals surface area contributed by atoms with Crippen molar-refractivity contribution in [2.75, 3.05) is 6.54 Å². The van der Waals surface area contributed by atoms with Crippen LogP contribution in [0.1, 0.15) is 25.0 Å². The average molecular weight is 306 g/mol. The summed E-state index contributed by atoms with van der Waals surface area (Å²) in [6.07, 6.45) is 5.59. The number of hydrogen-bond donors (Lipinski definition) is 0. The second-order valence-electron chi connectivity index (χ2n) is 5.33. The van der Waals surface area contributed by atoms with E-state index in [4.69, 9.17) is 11.6 Å². The molecule has 0 bridgehead atoms. The van der Waals surface area contributed by atoms with Crippen LogP contribution in [0, 0.1) is 0 Å². The number of rotatable bonds is 3. The Hall–Kier alpha value is -1.72. The maximum atomic E-state index is 12.1. The van der Waals surface area contributed by atoms with Crippen molar-refractivity contribution in [2.45, 2.75) is 31.8 Å². The predicted molar refractivity (Wildman–Crippen MR) is 80.6 cm³/mol. The normalized spacial score (nSPS) is 19.8. The lowest BCUT2D eigenvalue weighted by atomic mass is 10.0. The highest BCUT2D eigenvalue weighted by Crippen LogP contribution is 2.17. The van der Waals surface area contributed by atoms with E-state index in [0.717, 1.165) is 32.1 Å². The summed E-state index contributed by atoms with van der Waals surface area (Å²) >= 11 is 5.89. The highest BCUT2D eigenvalue weighted by molar-refractivity contribution is 6.30. The Morgan fingerprint density at radius 2 is 2.24 bits per heavy atom. The van der Waals surface area contributed by atoms with Gasteiger partial charge in [0.2, 0.25) is 0 Å². The number of likely N-dealkylation sites (tertiary alicyclic amines) is 1. The van der Waals surface area contributed by atoms with Gasteiger partial charge in [-0.05, 0) is 31.5 Å². The molecule has 0 spiro atoms. The van der Waals surface area contributed by atoms with Gasteiger partial charge in [0, 0.05) is 18.8 Å². The number of carbonyl (C=O) groups excluding carboxylic acids is 1. The number of halogens is 1. The molecule has 21 heavy (non-hydrogen) atoms. The molecule has 0 amide bonds. The van der Waals surface area contributed by atoms with Crippen molar-refractivity contribution < 1.29 is 4.79 Å². The van der Waals surface area contributed by atoms with Crippen molar-refractivity contribution in [3.63, 3.8) is 0 Å². The summed E-state index contributed by atoms with van der Waals surface area (Å²) in [5.74, 6) is 0. The summed E-state index contributed by atoms with van der Waals surface area (Å²) < 4.78 is 1.43. The SMILES string of the molecule is O=CC1CCCCN1Cc1cc(=O)n2cc(Cl)ccc2n1. The molecule has 3 heterocycles. The third-order valence-corrected chi connectivity index (χ3v) is 4.09. The zero-order chi connectivity index (χ0) is 14.8. The van der Waals surface area contributed by atoms with Gasteiger partial charge in [0.15, 0.2) is 0 Å². The van der Waals surface area contributed by atoms with Crippen LogP contribution in [-0.4, -0.2) is 33.2 Å². The largest absolute Gasteiger partial charge is 0.302 e. The molecule has 6 heteroatoms. The van der Waals surface area contributed by atoms with Gasteiger partial charge in [0.05, 0.1) is 16.8 Å². The number of fused-ring (bicyclic) bond motifs is 1. The van der Waals surface area contributed by atoms with Gasteiger partial charge in [-0.1, -0.05) is 18.0 Å². The molecule has 0 N–H and O–H groups in total. The Morgan fingerprint density at radius 3 is 3.05 bits per heavy atom. The molecule has 1 unspecified atom stereocenters. The van der Waals surface area contributed by atoms with Gasteiger partial charge in [-0.25, -0.2) is 4.98 Å². The predicted octanol–water partition coefficient (Wildman–Crippen LogP) is 1.90. The fraction of sp³-hybridized carbons (Fsp3) is 0.400. The van der Waals surface area contributed by atoms with Gasteiger partial charge in [0.25, 0.3) is 5.56 Å². The van der Waals surface area contributed by atoms with E-state index >= 15 is 0 Å². The van der Waals surface area contributed by atoms with E-state index < -0.39 is 0 Å². The summed E-state index contributed by atoms with van der Waals surface area (Å²) in [6.45, 7) is 1.39. The second-order valence-corrected chi connectivity index (χ2v) is 5.77. The molecule has 5 nitrogen and oxygen atoms in total. The molecule has 0 aromatic carbocycles. The monoisotopic (exact) mass is 305 g/mol. The van der Waals surface area contributed by atoms with Crippen LogP contribution in [0.3, 0.4) is 0 Å². The third kappa shape index (κ3) is 2.99. The number of hydrogen-bond acceptors (Lipinski definition) is 4. The first kappa shape index (κ1) is 14.2. The number of piperidine rings is 1. The first-order valence-electron chi connectivity index (χ1n) is 7.04. The summed E-state index contributed by atoms with van der Waals surface area (Å²) in [5, 5.41) is 0.496. The van der Waals surface area contributed by atoms with E-state index in [2.05, 4.69) is 9.88 Å². The smallest absolute Gasteiger partial charge is 0.258 e. The van der Waals surface area contributed by atoms with Gasteiger partial charge in [-0.2, -0.15) is 0 Å². The summed E-state index contributed by atoms with van der Waals surface area (Å²) in [4.78, 5) is 29.8. The zero-order valence-electron chi connectivity index (χ0n) is 11.5. The Balaban J connectivity index is 1.92. The third-order valence-electron chi connectivity index (χ3n) is 3.86. The standard InChI is InChI=1S/C15H16ClN3O2/c16-11-4-5-14-17-12(7-15(21)19(14)8-11)9-18-6-2-1-3-13(18)10-20/h4-5,7-8,10,13H,1-3,6,9H2. The average Bonchev–Trinajstić information content (AvgIpc) is 2.49. The fourth-order valence-corrected chi connectivity index (χ4v) is 2.94. The van der Waals surface area contributed by atoms with Crippen LogP contribution < -0.4 is 5.56 Å². The van der Waals surface area contributed by atoms with E-state index in [9.17, 15) is 9.59 Å². The molecule has 110 valence electrons. The summed E-state index contributed by atoms with van der Waals surface area (Å²) in [6, 6.07) is 4.88. The molecule has 1 fully saturated rings. The maximum Gasteiger partial charge on any atom is 0.258 e. The Labute approximate surface area is 127 Å². The highest BCUT2D eigenvalue weighted by Gasteiger charge is 2.22. The molecule has 1 atom stereocenters. The number of carbonyl (C=O) groups is 1. The second kappa shape index (κ2) is 5.95. The molecule has 0 radical (unpaired) electrons. The van der Waals surface area contributed by atoms with Crippen LogP contribution in [0.2, 0.25) is 5.02 Å². The summed E-state index contributed by atoms with van der Waals surface area (Å²) in [5.41, 5.74) is 1.11. The van der Waals surface area contributed by atoms with E-state index in [-0.39, 0.29) is 11.6 Å². The van der Waals surface area contributed by atoms with Gasteiger partial charge < -0.3 is 4.79 Å². The van der Waals surface area contributed by atoms with Crippen LogP contribution >= 0.6 is 11.6 Å². The van der Waals surface area contributed by atoms with Crippen molar-refractivity contribution in [1.82, 2.24) is 14.3 Å². The van der Waals surface area contributed by atoms with Crippen LogP contribution in [0.4, 0.5) is 0 Å². The van der Waals surface area contributed by atoms with Gasteiger partial charge in [-0.3, -0.25) is 14.1 Å².